The second-order valence-electron chi connectivity index (χ2n) is 6.99. The van der Waals surface area contributed by atoms with Crippen molar-refractivity contribution in [2.45, 2.75) is 32.2 Å². The molecule has 6 heteroatoms. The van der Waals surface area contributed by atoms with Crippen LogP contribution < -0.4 is 4.90 Å². The van der Waals surface area contributed by atoms with Crippen LogP contribution in [0.3, 0.4) is 0 Å². The van der Waals surface area contributed by atoms with Crippen LogP contribution in [-0.4, -0.2) is 46.0 Å². The molecule has 0 radical (unpaired) electrons. The molecule has 1 N–H and O–H groups in total. The van der Waals surface area contributed by atoms with Crippen molar-refractivity contribution < 1.29 is 14.7 Å². The van der Waals surface area contributed by atoms with E-state index in [1.54, 1.807) is 36.5 Å². The van der Waals surface area contributed by atoms with E-state index in [9.17, 15) is 14.7 Å². The van der Waals surface area contributed by atoms with Gasteiger partial charge in [0.1, 0.15) is 5.82 Å². The number of carboxylic acid groups (broad SMARTS) is 1. The molecule has 1 aliphatic heterocycles. The first-order valence-corrected chi connectivity index (χ1v) is 9.49. The fraction of sp³-hybridized carbons (Fsp3) is 0.318. The van der Waals surface area contributed by atoms with Crippen molar-refractivity contribution in [2.75, 3.05) is 18.0 Å². The largest absolute Gasteiger partial charge is 0.478 e. The van der Waals surface area contributed by atoms with Crippen molar-refractivity contribution in [3.05, 3.63) is 60.3 Å². The Balaban J connectivity index is 2.06. The van der Waals surface area contributed by atoms with Crippen molar-refractivity contribution in [3.8, 4) is 0 Å². The minimum atomic E-state index is -1.09. The number of carboxylic acids is 1. The van der Waals surface area contributed by atoms with Crippen molar-refractivity contribution in [3.63, 3.8) is 0 Å². The lowest BCUT2D eigenvalue weighted by Crippen LogP contribution is -2.45. The number of anilines is 2. The van der Waals surface area contributed by atoms with E-state index in [0.29, 0.717) is 23.1 Å². The molecule has 0 spiro atoms. The van der Waals surface area contributed by atoms with Crippen LogP contribution in [0.25, 0.3) is 6.08 Å². The molecule has 1 fully saturated rings. The molecule has 3 rings (SSSR count). The number of carbonyl (C=O) groups is 2. The number of hydrogen-bond donors (Lipinski definition) is 1. The van der Waals surface area contributed by atoms with Crippen molar-refractivity contribution >= 4 is 29.5 Å². The number of rotatable bonds is 6. The van der Waals surface area contributed by atoms with E-state index in [-0.39, 0.29) is 18.0 Å². The van der Waals surface area contributed by atoms with Crippen LogP contribution in [0.5, 0.6) is 0 Å². The van der Waals surface area contributed by atoms with E-state index < -0.39 is 5.97 Å². The number of pyridine rings is 1. The van der Waals surface area contributed by atoms with E-state index in [4.69, 9.17) is 0 Å². The summed E-state index contributed by atoms with van der Waals surface area (Å²) in [4.78, 5) is 33.2. The fourth-order valence-electron chi connectivity index (χ4n) is 3.61. The molecule has 1 aromatic carbocycles. The SMILES string of the molecule is C=Cc1cccnc1N(C(=O)CN1CCCC[C@@H]1C)c1ccccc1C(=O)O. The van der Waals surface area contributed by atoms with E-state index in [0.717, 1.165) is 25.8 Å². The van der Waals surface area contributed by atoms with Crippen LogP contribution in [-0.2, 0) is 4.79 Å². The van der Waals surface area contributed by atoms with Gasteiger partial charge < -0.3 is 5.11 Å². The zero-order valence-electron chi connectivity index (χ0n) is 16.0. The summed E-state index contributed by atoms with van der Waals surface area (Å²) in [6.07, 6.45) is 6.49. The number of nitrogens with zero attached hydrogens (tertiary/aromatic N) is 3. The summed E-state index contributed by atoms with van der Waals surface area (Å²) in [6.45, 7) is 7.00. The number of likely N-dealkylation sites (tertiary alicyclic amines) is 1. The highest BCUT2D eigenvalue weighted by atomic mass is 16.4. The normalized spacial score (nSPS) is 17.1. The predicted octanol–water partition coefficient (Wildman–Crippen LogP) is 3.96. The van der Waals surface area contributed by atoms with Crippen LogP contribution in [0.2, 0.25) is 0 Å². The maximum atomic E-state index is 13.4. The van der Waals surface area contributed by atoms with Gasteiger partial charge in [-0.1, -0.05) is 31.2 Å². The van der Waals surface area contributed by atoms with Gasteiger partial charge in [-0.3, -0.25) is 14.6 Å². The highest BCUT2D eigenvalue weighted by Gasteiger charge is 2.29. The predicted molar refractivity (Wildman–Crippen MR) is 110 cm³/mol. The fourth-order valence-corrected chi connectivity index (χ4v) is 3.61. The van der Waals surface area contributed by atoms with Crippen molar-refractivity contribution in [2.24, 2.45) is 0 Å². The van der Waals surface area contributed by atoms with E-state index >= 15 is 0 Å². The second-order valence-corrected chi connectivity index (χ2v) is 6.99. The average Bonchev–Trinajstić information content (AvgIpc) is 2.70. The van der Waals surface area contributed by atoms with E-state index in [1.165, 1.54) is 11.0 Å². The van der Waals surface area contributed by atoms with Gasteiger partial charge in [-0.25, -0.2) is 9.78 Å². The molecular weight excluding hydrogens is 354 g/mol. The third kappa shape index (κ3) is 4.12. The first-order chi connectivity index (χ1) is 13.5. The second kappa shape index (κ2) is 8.80. The molecule has 0 bridgehead atoms. The highest BCUT2D eigenvalue weighted by Crippen LogP contribution is 2.31. The van der Waals surface area contributed by atoms with Gasteiger partial charge in [0, 0.05) is 17.8 Å². The maximum absolute atomic E-state index is 13.4. The van der Waals surface area contributed by atoms with Crippen LogP contribution in [0, 0.1) is 0 Å². The number of amides is 1. The third-order valence-electron chi connectivity index (χ3n) is 5.15. The van der Waals surface area contributed by atoms with Gasteiger partial charge in [-0.2, -0.15) is 0 Å². The first kappa shape index (κ1) is 19.8. The average molecular weight is 379 g/mol. The van der Waals surface area contributed by atoms with Gasteiger partial charge in [0.05, 0.1) is 17.8 Å². The number of para-hydroxylation sites is 1. The number of carbonyl (C=O) groups excluding carboxylic acids is 1. The molecule has 28 heavy (non-hydrogen) atoms. The monoisotopic (exact) mass is 379 g/mol. The summed E-state index contributed by atoms with van der Waals surface area (Å²) in [5.74, 6) is -0.902. The third-order valence-corrected chi connectivity index (χ3v) is 5.15. The van der Waals surface area contributed by atoms with Gasteiger partial charge in [-0.15, -0.1) is 0 Å². The highest BCUT2D eigenvalue weighted by molar-refractivity contribution is 6.07. The molecule has 6 nitrogen and oxygen atoms in total. The topological polar surface area (TPSA) is 73.7 Å². The van der Waals surface area contributed by atoms with E-state index in [2.05, 4.69) is 23.4 Å². The van der Waals surface area contributed by atoms with Crippen LogP contribution >= 0.6 is 0 Å². The lowest BCUT2D eigenvalue weighted by Gasteiger charge is -2.34. The molecule has 0 saturated carbocycles. The standard InChI is InChI=1S/C22H25N3O3/c1-3-17-10-8-13-23-21(17)25(19-12-5-4-11-18(19)22(27)28)20(26)15-24-14-7-6-9-16(24)2/h3-5,8,10-13,16H,1,6-7,9,14-15H2,2H3,(H,27,28)/t16-/m0/s1. The van der Waals surface area contributed by atoms with Gasteiger partial charge in [0.2, 0.25) is 5.91 Å². The summed E-state index contributed by atoms with van der Waals surface area (Å²) in [7, 11) is 0. The maximum Gasteiger partial charge on any atom is 0.337 e. The van der Waals surface area contributed by atoms with Crippen LogP contribution in [0.15, 0.2) is 49.2 Å². The Hall–Kier alpha value is -2.99. The number of aromatic nitrogens is 1. The number of benzene rings is 1. The van der Waals surface area contributed by atoms with Gasteiger partial charge in [0.15, 0.2) is 0 Å². The quantitative estimate of drug-likeness (QED) is 0.822. The summed E-state index contributed by atoms with van der Waals surface area (Å²) < 4.78 is 0. The first-order valence-electron chi connectivity index (χ1n) is 9.49. The molecular formula is C22H25N3O3. The van der Waals surface area contributed by atoms with Gasteiger partial charge in [0.25, 0.3) is 0 Å². The molecule has 1 aromatic heterocycles. The van der Waals surface area contributed by atoms with Crippen molar-refractivity contribution in [1.82, 2.24) is 9.88 Å². The molecule has 2 heterocycles. The Morgan fingerprint density at radius 1 is 1.29 bits per heavy atom. The summed E-state index contributed by atoms with van der Waals surface area (Å²) in [6, 6.07) is 10.4. The zero-order valence-corrected chi connectivity index (χ0v) is 16.0. The van der Waals surface area contributed by atoms with E-state index in [1.807, 2.05) is 6.07 Å². The molecule has 146 valence electrons. The van der Waals surface area contributed by atoms with Gasteiger partial charge >= 0.3 is 5.97 Å². The van der Waals surface area contributed by atoms with Crippen molar-refractivity contribution in [1.29, 1.82) is 0 Å². The Morgan fingerprint density at radius 3 is 2.79 bits per heavy atom. The molecule has 0 unspecified atom stereocenters. The molecule has 1 atom stereocenters. The lowest BCUT2D eigenvalue weighted by atomic mass is 10.0. The molecule has 2 aromatic rings. The number of piperidine rings is 1. The number of hydrogen-bond acceptors (Lipinski definition) is 4. The summed E-state index contributed by atoms with van der Waals surface area (Å²) >= 11 is 0. The minimum Gasteiger partial charge on any atom is -0.478 e. The molecule has 1 amide bonds. The van der Waals surface area contributed by atoms with Crippen LogP contribution in [0.1, 0.15) is 42.1 Å². The minimum absolute atomic E-state index is 0.0585. The van der Waals surface area contributed by atoms with Gasteiger partial charge in [-0.05, 0) is 50.6 Å². The van der Waals surface area contributed by atoms with Crippen LogP contribution in [0.4, 0.5) is 11.5 Å². The number of aromatic carboxylic acids is 1. The lowest BCUT2D eigenvalue weighted by molar-refractivity contribution is -0.119. The zero-order chi connectivity index (χ0) is 20.1. The smallest absolute Gasteiger partial charge is 0.337 e. The Labute approximate surface area is 165 Å². The summed E-state index contributed by atoms with van der Waals surface area (Å²) in [5, 5.41) is 9.64. The molecule has 1 saturated heterocycles. The molecule has 1 aliphatic rings. The Bertz CT molecular complexity index is 881. The Kier molecular flexibility index (Phi) is 6.21. The summed E-state index contributed by atoms with van der Waals surface area (Å²) in [5.41, 5.74) is 1.04. The Morgan fingerprint density at radius 2 is 2.07 bits per heavy atom. The molecule has 0 aliphatic carbocycles.